The number of ether oxygens (including phenoxy) is 2. The molecule has 118 valence electrons. The van der Waals surface area contributed by atoms with Crippen LogP contribution in [0.3, 0.4) is 0 Å². The van der Waals surface area contributed by atoms with E-state index in [-0.39, 0.29) is 6.04 Å². The first-order chi connectivity index (χ1) is 10.7. The van der Waals surface area contributed by atoms with E-state index in [1.807, 2.05) is 32.0 Å². The minimum Gasteiger partial charge on any atom is -0.490 e. The quantitative estimate of drug-likeness (QED) is 0.921. The van der Waals surface area contributed by atoms with E-state index in [1.54, 1.807) is 0 Å². The summed E-state index contributed by atoms with van der Waals surface area (Å²) in [6.45, 7) is 6.15. The molecule has 5 heteroatoms. The maximum Gasteiger partial charge on any atom is 0.161 e. The van der Waals surface area contributed by atoms with E-state index in [2.05, 4.69) is 10.8 Å². The highest BCUT2D eigenvalue weighted by Gasteiger charge is 2.20. The van der Waals surface area contributed by atoms with Gasteiger partial charge in [-0.15, -0.1) is 0 Å². The van der Waals surface area contributed by atoms with Gasteiger partial charge in [0, 0.05) is 18.3 Å². The first-order valence-corrected chi connectivity index (χ1v) is 7.95. The highest BCUT2D eigenvalue weighted by Crippen LogP contribution is 2.34. The molecule has 0 saturated carbocycles. The summed E-state index contributed by atoms with van der Waals surface area (Å²) >= 11 is 0. The number of hydrogen-bond acceptors (Lipinski definition) is 4. The van der Waals surface area contributed by atoms with Crippen LogP contribution in [0.4, 0.5) is 0 Å². The van der Waals surface area contributed by atoms with E-state index in [4.69, 9.17) is 20.2 Å². The van der Waals surface area contributed by atoms with Crippen molar-refractivity contribution < 1.29 is 9.47 Å². The molecule has 1 aliphatic heterocycles. The molecule has 0 bridgehead atoms. The molecule has 1 aromatic heterocycles. The maximum absolute atomic E-state index is 6.15. The summed E-state index contributed by atoms with van der Waals surface area (Å²) in [7, 11) is 0. The van der Waals surface area contributed by atoms with E-state index in [0.29, 0.717) is 13.2 Å². The van der Waals surface area contributed by atoms with Gasteiger partial charge in [-0.3, -0.25) is 0 Å². The molecule has 0 spiro atoms. The Balaban J connectivity index is 1.96. The molecule has 2 aromatic rings. The van der Waals surface area contributed by atoms with Gasteiger partial charge in [-0.25, -0.2) is 4.98 Å². The molecule has 0 saturated heterocycles. The zero-order chi connectivity index (χ0) is 15.5. The van der Waals surface area contributed by atoms with Gasteiger partial charge in [0.1, 0.15) is 5.82 Å². The van der Waals surface area contributed by atoms with Gasteiger partial charge in [-0.1, -0.05) is 0 Å². The summed E-state index contributed by atoms with van der Waals surface area (Å²) in [6, 6.07) is 6.00. The van der Waals surface area contributed by atoms with Crippen molar-refractivity contribution in [2.45, 2.75) is 39.3 Å². The Bertz CT molecular complexity index is 651. The Labute approximate surface area is 131 Å². The van der Waals surface area contributed by atoms with Crippen LogP contribution in [-0.4, -0.2) is 22.8 Å². The van der Waals surface area contributed by atoms with Crippen molar-refractivity contribution in [3.8, 4) is 22.8 Å². The van der Waals surface area contributed by atoms with E-state index >= 15 is 0 Å². The molecule has 2 heterocycles. The van der Waals surface area contributed by atoms with E-state index in [1.165, 1.54) is 0 Å². The second-order valence-corrected chi connectivity index (χ2v) is 5.45. The van der Waals surface area contributed by atoms with E-state index in [9.17, 15) is 0 Å². The fourth-order valence-corrected chi connectivity index (χ4v) is 2.87. The second kappa shape index (κ2) is 6.40. The van der Waals surface area contributed by atoms with Gasteiger partial charge in [0.15, 0.2) is 11.5 Å². The normalized spacial score (nSPS) is 17.1. The number of imidazole rings is 1. The number of nitrogens with two attached hydrogens (primary N) is 1. The van der Waals surface area contributed by atoms with Crippen molar-refractivity contribution >= 4 is 0 Å². The van der Waals surface area contributed by atoms with Crippen LogP contribution >= 0.6 is 0 Å². The van der Waals surface area contributed by atoms with Gasteiger partial charge >= 0.3 is 0 Å². The maximum atomic E-state index is 6.15. The van der Waals surface area contributed by atoms with Gasteiger partial charge in [0.25, 0.3) is 0 Å². The Morgan fingerprint density at radius 2 is 2.00 bits per heavy atom. The summed E-state index contributed by atoms with van der Waals surface area (Å²) in [5, 5.41) is 0. The number of aromatic nitrogens is 2. The predicted octanol–water partition coefficient (Wildman–Crippen LogP) is 3.14. The van der Waals surface area contributed by atoms with Crippen LogP contribution in [0.2, 0.25) is 0 Å². The summed E-state index contributed by atoms with van der Waals surface area (Å²) in [4.78, 5) is 4.72. The minimum absolute atomic E-state index is 0.0385. The van der Waals surface area contributed by atoms with Crippen LogP contribution in [0.15, 0.2) is 24.4 Å². The summed E-state index contributed by atoms with van der Waals surface area (Å²) in [5.41, 5.74) is 8.12. The number of rotatable bonds is 5. The first kappa shape index (κ1) is 14.9. The highest BCUT2D eigenvalue weighted by atomic mass is 16.5. The molecular formula is C17H23N3O2. The molecule has 5 nitrogen and oxygen atoms in total. The lowest BCUT2D eigenvalue weighted by Crippen LogP contribution is -2.21. The third-order valence-electron chi connectivity index (χ3n) is 3.89. The number of fused-ring (bicyclic) bond motifs is 1. The van der Waals surface area contributed by atoms with Crippen molar-refractivity contribution in [3.63, 3.8) is 0 Å². The van der Waals surface area contributed by atoms with Crippen LogP contribution in [0.5, 0.6) is 11.5 Å². The Morgan fingerprint density at radius 1 is 1.23 bits per heavy atom. The molecule has 2 N–H and O–H groups in total. The molecule has 1 aliphatic rings. The number of nitrogens with zero attached hydrogens (tertiary/aromatic N) is 2. The lowest BCUT2D eigenvalue weighted by Gasteiger charge is -2.19. The van der Waals surface area contributed by atoms with Crippen molar-refractivity contribution in [2.24, 2.45) is 5.73 Å². The lowest BCUT2D eigenvalue weighted by atomic mass is 10.1. The van der Waals surface area contributed by atoms with Gasteiger partial charge in [0.05, 0.1) is 24.9 Å². The fraction of sp³-hybridized carbons (Fsp3) is 0.471. The second-order valence-electron chi connectivity index (χ2n) is 5.45. The van der Waals surface area contributed by atoms with Gasteiger partial charge < -0.3 is 19.8 Å². The minimum atomic E-state index is 0.0385. The first-order valence-electron chi connectivity index (χ1n) is 7.95. The zero-order valence-corrected chi connectivity index (χ0v) is 13.2. The lowest BCUT2D eigenvalue weighted by molar-refractivity contribution is 0.288. The van der Waals surface area contributed by atoms with Crippen molar-refractivity contribution in [2.75, 3.05) is 13.2 Å². The van der Waals surface area contributed by atoms with Gasteiger partial charge in [-0.05, 0) is 44.9 Å². The van der Waals surface area contributed by atoms with Crippen LogP contribution in [0, 0.1) is 0 Å². The molecule has 3 rings (SSSR count). The summed E-state index contributed by atoms with van der Waals surface area (Å²) in [5.74, 6) is 2.51. The molecule has 0 amide bonds. The molecule has 0 fully saturated rings. The van der Waals surface area contributed by atoms with Crippen LogP contribution in [0.25, 0.3) is 11.3 Å². The van der Waals surface area contributed by atoms with Gasteiger partial charge in [-0.2, -0.15) is 0 Å². The number of hydrogen-bond donors (Lipinski definition) is 1. The average molecular weight is 301 g/mol. The molecule has 0 radical (unpaired) electrons. The Morgan fingerprint density at radius 3 is 2.73 bits per heavy atom. The summed E-state index contributed by atoms with van der Waals surface area (Å²) < 4.78 is 13.5. The molecular weight excluding hydrogens is 278 g/mol. The van der Waals surface area contributed by atoms with Crippen LogP contribution in [0.1, 0.15) is 38.6 Å². The van der Waals surface area contributed by atoms with Crippen molar-refractivity contribution in [3.05, 3.63) is 30.2 Å². The monoisotopic (exact) mass is 301 g/mol. The summed E-state index contributed by atoms with van der Waals surface area (Å²) in [6.07, 6.45) is 4.20. The molecule has 22 heavy (non-hydrogen) atoms. The predicted molar refractivity (Wildman–Crippen MR) is 86.2 cm³/mol. The molecule has 1 unspecified atom stereocenters. The van der Waals surface area contributed by atoms with Crippen molar-refractivity contribution in [1.29, 1.82) is 0 Å². The van der Waals surface area contributed by atoms with Crippen LogP contribution in [-0.2, 0) is 6.54 Å². The Kier molecular flexibility index (Phi) is 4.34. The fourth-order valence-electron chi connectivity index (χ4n) is 2.87. The van der Waals surface area contributed by atoms with E-state index in [0.717, 1.165) is 48.0 Å². The SMILES string of the molecule is CCOc1ccc(-c2cn3c(n2)C(N)CCC3)cc1OCC. The smallest absolute Gasteiger partial charge is 0.161 e. The van der Waals surface area contributed by atoms with Crippen molar-refractivity contribution in [1.82, 2.24) is 9.55 Å². The Hall–Kier alpha value is -2.01. The van der Waals surface area contributed by atoms with Gasteiger partial charge in [0.2, 0.25) is 0 Å². The average Bonchev–Trinajstić information content (AvgIpc) is 2.95. The zero-order valence-electron chi connectivity index (χ0n) is 13.2. The van der Waals surface area contributed by atoms with Crippen LogP contribution < -0.4 is 15.2 Å². The highest BCUT2D eigenvalue weighted by molar-refractivity contribution is 5.64. The third-order valence-corrected chi connectivity index (χ3v) is 3.89. The third kappa shape index (κ3) is 2.81. The van der Waals surface area contributed by atoms with E-state index < -0.39 is 0 Å². The standard InChI is InChI=1S/C17H23N3O2/c1-3-21-15-8-7-12(10-16(15)22-4-2)14-11-20-9-5-6-13(18)17(20)19-14/h7-8,10-11,13H,3-6,9,18H2,1-2H3. The topological polar surface area (TPSA) is 62.3 Å². The molecule has 1 atom stereocenters. The molecule has 1 aromatic carbocycles. The number of benzene rings is 1. The largest absolute Gasteiger partial charge is 0.490 e. The number of aryl methyl sites for hydroxylation is 1. The molecule has 0 aliphatic carbocycles.